The Bertz CT molecular complexity index is 633. The number of ether oxygens (including phenoxy) is 1. The molecule has 0 amide bonds. The quantitative estimate of drug-likeness (QED) is 0.260. The van der Waals surface area contributed by atoms with Crippen LogP contribution in [-0.2, 0) is 35.7 Å². The number of hydrogen-bond donors (Lipinski definition) is 0. The van der Waals surface area contributed by atoms with Gasteiger partial charge in [0.15, 0.2) is 5.97 Å². The molecule has 0 N–H and O–H groups in total. The van der Waals surface area contributed by atoms with E-state index < -0.39 is 5.97 Å². The molecule has 0 bridgehead atoms. The Balaban J connectivity index is -0.000000361. The first kappa shape index (κ1) is 26.3. The maximum Gasteiger partial charge on any atom is 3.00 e. The minimum Gasteiger partial charge on any atom is -1.00 e. The molecule has 0 aliphatic rings. The fraction of sp³-hybridized carbons (Fsp3) is 0.0625. The molecular formula is C16H14Cl3O2Zr-2. The van der Waals surface area contributed by atoms with Crippen molar-refractivity contribution in [3.05, 3.63) is 61.5 Å². The first-order valence-corrected chi connectivity index (χ1v) is 5.65. The van der Waals surface area contributed by atoms with Crippen molar-refractivity contribution in [3.63, 3.8) is 0 Å². The molecular weight excluding hydrogens is 422 g/mol. The average Bonchev–Trinajstić information content (AvgIpc) is 2.78. The van der Waals surface area contributed by atoms with Crippen LogP contribution < -0.4 is 37.2 Å². The van der Waals surface area contributed by atoms with E-state index in [9.17, 15) is 4.79 Å². The van der Waals surface area contributed by atoms with Crippen molar-refractivity contribution in [2.75, 3.05) is 7.11 Å². The molecule has 22 heavy (non-hydrogen) atoms. The van der Waals surface area contributed by atoms with Gasteiger partial charge in [0.25, 0.3) is 0 Å². The third kappa shape index (κ3) is 6.66. The predicted molar refractivity (Wildman–Crippen MR) is 74.4 cm³/mol. The molecule has 0 atom stereocenters. The van der Waals surface area contributed by atoms with Crippen LogP contribution in [-0.4, -0.2) is 13.1 Å². The van der Waals surface area contributed by atoms with Crippen LogP contribution in [0.1, 0.15) is 0 Å². The van der Waals surface area contributed by atoms with E-state index in [-0.39, 0.29) is 63.4 Å². The fourth-order valence-electron chi connectivity index (χ4n) is 1.90. The number of esters is 1. The number of hydrogen-bond acceptors (Lipinski definition) is 2. The average molecular weight is 436 g/mol. The second-order valence-corrected chi connectivity index (χ2v) is 3.89. The van der Waals surface area contributed by atoms with Crippen LogP contribution in [0.3, 0.4) is 0 Å². The molecule has 0 aromatic heterocycles. The molecule has 0 spiro atoms. The van der Waals surface area contributed by atoms with E-state index in [0.717, 1.165) is 0 Å². The van der Waals surface area contributed by atoms with Gasteiger partial charge in [0.05, 0.1) is 7.11 Å². The third-order valence-corrected chi connectivity index (χ3v) is 2.75. The number of halogens is 3. The van der Waals surface area contributed by atoms with Crippen molar-refractivity contribution in [2.45, 2.75) is 0 Å². The van der Waals surface area contributed by atoms with E-state index in [4.69, 9.17) is 0 Å². The van der Waals surface area contributed by atoms with Gasteiger partial charge < -0.3 is 42.0 Å². The van der Waals surface area contributed by atoms with Crippen LogP contribution >= 0.6 is 0 Å². The van der Waals surface area contributed by atoms with Crippen molar-refractivity contribution in [1.29, 1.82) is 0 Å². The van der Waals surface area contributed by atoms with Gasteiger partial charge in [-0.05, 0) is 0 Å². The molecule has 0 saturated carbocycles. The number of carbonyl (C=O) groups excluding carboxylic acids is 1. The van der Waals surface area contributed by atoms with Crippen LogP contribution in [0.4, 0.5) is 0 Å². The smallest absolute Gasteiger partial charge is 1.00 e. The minimum absolute atomic E-state index is 0. The number of benzene rings is 2. The van der Waals surface area contributed by atoms with Gasteiger partial charge in [-0.15, -0.1) is 39.7 Å². The van der Waals surface area contributed by atoms with E-state index in [1.54, 1.807) is 0 Å². The monoisotopic (exact) mass is 433 g/mol. The summed E-state index contributed by atoms with van der Waals surface area (Å²) in [5.41, 5.74) is 0. The molecule has 1 radical (unpaired) electrons. The Morgan fingerprint density at radius 1 is 0.909 bits per heavy atom. The van der Waals surface area contributed by atoms with Crippen LogP contribution in [0.15, 0.2) is 54.6 Å². The summed E-state index contributed by atoms with van der Waals surface area (Å²) in [5.74, 6) is -0.495. The standard InChI is InChI=1S/C13H9.C3H5O2.3ClH.Zr/c1-3-7-12-10(5-1)9-11-6-2-4-8-13(11)12;1-3(4)5-2;;;;/h1-9H;1H2,2H3;3*1H;/q2*-1;;;;+3/p-3. The third-order valence-electron chi connectivity index (χ3n) is 2.75. The summed E-state index contributed by atoms with van der Waals surface area (Å²) in [6, 6.07) is 19.3. The van der Waals surface area contributed by atoms with E-state index >= 15 is 0 Å². The van der Waals surface area contributed by atoms with Gasteiger partial charge in [-0.25, -0.2) is 0 Å². The van der Waals surface area contributed by atoms with E-state index in [1.165, 1.54) is 28.7 Å². The SMILES string of the molecule is [CH2-]C(=O)OC.[Cl-].[Cl-].[Cl-].[Zr+3].c1ccc2c(c1)[cH-]c1ccccc12. The molecule has 0 heterocycles. The summed E-state index contributed by atoms with van der Waals surface area (Å²) in [5, 5.41) is 5.39. The largest absolute Gasteiger partial charge is 3.00 e. The second-order valence-electron chi connectivity index (χ2n) is 3.89. The van der Waals surface area contributed by atoms with Gasteiger partial charge in [0, 0.05) is 0 Å². The molecule has 0 aliphatic heterocycles. The molecule has 0 fully saturated rings. The molecule has 6 heteroatoms. The Hall–Kier alpha value is -0.597. The maximum absolute atomic E-state index is 9.48. The molecule has 3 aromatic rings. The molecule has 0 saturated heterocycles. The van der Waals surface area contributed by atoms with Gasteiger partial charge in [0.2, 0.25) is 0 Å². The zero-order valence-corrected chi connectivity index (χ0v) is 16.6. The summed E-state index contributed by atoms with van der Waals surface area (Å²) >= 11 is 0. The number of carbonyl (C=O) groups is 1. The Kier molecular flexibility index (Phi) is 15.4. The van der Waals surface area contributed by atoms with Gasteiger partial charge >= 0.3 is 26.2 Å². The van der Waals surface area contributed by atoms with Crippen molar-refractivity contribution in [2.24, 2.45) is 0 Å². The van der Waals surface area contributed by atoms with E-state index in [2.05, 4.69) is 66.3 Å². The summed E-state index contributed by atoms with van der Waals surface area (Å²) in [7, 11) is 1.29. The number of rotatable bonds is 0. The summed E-state index contributed by atoms with van der Waals surface area (Å²) in [6.07, 6.45) is 0. The van der Waals surface area contributed by atoms with Crippen LogP contribution in [0, 0.1) is 6.92 Å². The van der Waals surface area contributed by atoms with Crippen molar-refractivity contribution >= 4 is 27.5 Å². The number of fused-ring (bicyclic) bond motifs is 3. The summed E-state index contributed by atoms with van der Waals surface area (Å²) in [4.78, 5) is 9.48. The van der Waals surface area contributed by atoms with Gasteiger partial charge in [-0.3, -0.25) is 11.7 Å². The fourth-order valence-corrected chi connectivity index (χ4v) is 1.90. The topological polar surface area (TPSA) is 26.3 Å². The van der Waals surface area contributed by atoms with Crippen LogP contribution in [0.2, 0.25) is 0 Å². The first-order chi connectivity index (χ1) is 8.72. The van der Waals surface area contributed by atoms with Crippen LogP contribution in [0.25, 0.3) is 21.5 Å². The first-order valence-electron chi connectivity index (χ1n) is 5.65. The molecule has 2 nitrogen and oxygen atoms in total. The van der Waals surface area contributed by atoms with Gasteiger partial charge in [0.1, 0.15) is 0 Å². The summed E-state index contributed by atoms with van der Waals surface area (Å²) < 4.78 is 4.00. The molecule has 0 aliphatic carbocycles. The zero-order chi connectivity index (χ0) is 13.0. The maximum atomic E-state index is 9.48. The zero-order valence-electron chi connectivity index (χ0n) is 11.9. The Labute approximate surface area is 168 Å². The summed E-state index contributed by atoms with van der Waals surface area (Å²) in [6.45, 7) is 2.90. The molecule has 117 valence electrons. The molecule has 3 rings (SSSR count). The molecule has 0 unspecified atom stereocenters. The van der Waals surface area contributed by atoms with Crippen molar-refractivity contribution in [1.82, 2.24) is 0 Å². The number of methoxy groups -OCH3 is 1. The Morgan fingerprint density at radius 2 is 1.23 bits per heavy atom. The predicted octanol–water partition coefficient (Wildman–Crippen LogP) is -5.29. The van der Waals surface area contributed by atoms with E-state index in [0.29, 0.717) is 0 Å². The van der Waals surface area contributed by atoms with Crippen molar-refractivity contribution < 1.29 is 73.0 Å². The second kappa shape index (κ2) is 12.9. The van der Waals surface area contributed by atoms with Crippen molar-refractivity contribution in [3.8, 4) is 0 Å². The molecule has 3 aromatic carbocycles. The minimum atomic E-state index is -0.495. The van der Waals surface area contributed by atoms with Crippen LogP contribution in [0.5, 0.6) is 0 Å². The van der Waals surface area contributed by atoms with Gasteiger partial charge in [-0.1, -0.05) is 36.4 Å². The van der Waals surface area contributed by atoms with Gasteiger partial charge in [-0.2, -0.15) is 0 Å². The normalized spacial score (nSPS) is 8.05. The van der Waals surface area contributed by atoms with E-state index in [1.807, 2.05) is 0 Å². The Morgan fingerprint density at radius 3 is 1.55 bits per heavy atom.